The summed E-state index contributed by atoms with van der Waals surface area (Å²) >= 11 is -1.07. The number of carbonyl (C=O) groups excluding carboxylic acids is 3. The van der Waals surface area contributed by atoms with Crippen LogP contribution in [0.15, 0.2) is 6.20 Å². The minimum atomic E-state index is -1.07. The van der Waals surface area contributed by atoms with Gasteiger partial charge in [-0.2, -0.15) is 0 Å². The van der Waals surface area contributed by atoms with E-state index in [2.05, 4.69) is 4.98 Å². The van der Waals surface area contributed by atoms with Crippen LogP contribution in [0.1, 0.15) is 33.3 Å². The molecule has 0 aliphatic carbocycles. The Labute approximate surface area is 106 Å². The van der Waals surface area contributed by atoms with Gasteiger partial charge in [0.1, 0.15) is 0 Å². The molecule has 0 aromatic carbocycles. The fourth-order valence-corrected chi connectivity index (χ4v) is 3.13. The number of esters is 1. The molecular formula is C11H14AsNO4. The molecule has 0 amide bonds. The fourth-order valence-electron chi connectivity index (χ4n) is 1.33. The molecule has 0 saturated heterocycles. The molecule has 0 fully saturated rings. The van der Waals surface area contributed by atoms with Gasteiger partial charge in [-0.1, -0.05) is 0 Å². The van der Waals surface area contributed by atoms with Crippen LogP contribution >= 0.6 is 0 Å². The Morgan fingerprint density at radius 3 is 2.76 bits per heavy atom. The predicted molar refractivity (Wildman–Crippen MR) is 63.8 cm³/mol. The zero-order valence-electron chi connectivity index (χ0n) is 9.70. The van der Waals surface area contributed by atoms with Gasteiger partial charge in [0.05, 0.1) is 0 Å². The Morgan fingerprint density at radius 2 is 2.24 bits per heavy atom. The van der Waals surface area contributed by atoms with E-state index in [4.69, 9.17) is 4.74 Å². The number of aldehydes is 1. The summed E-state index contributed by atoms with van der Waals surface area (Å²) in [5, 5.41) is 0.188. The van der Waals surface area contributed by atoms with Gasteiger partial charge in [-0.25, -0.2) is 0 Å². The average Bonchev–Trinajstić information content (AvgIpc) is 2.68. The number of aromatic amines is 1. The molecule has 1 rings (SSSR count). The molecule has 17 heavy (non-hydrogen) atoms. The van der Waals surface area contributed by atoms with E-state index in [1.807, 2.05) is 0 Å². The maximum atomic E-state index is 11.8. The van der Waals surface area contributed by atoms with Crippen molar-refractivity contribution < 1.29 is 19.1 Å². The normalized spacial score (nSPS) is 10.7. The third kappa shape index (κ3) is 3.56. The second-order valence-corrected chi connectivity index (χ2v) is 5.78. The van der Waals surface area contributed by atoms with E-state index in [1.165, 1.54) is 6.20 Å². The molecule has 0 spiro atoms. The van der Waals surface area contributed by atoms with Crippen LogP contribution in [0.2, 0.25) is 5.21 Å². The van der Waals surface area contributed by atoms with Crippen LogP contribution in [0.5, 0.6) is 0 Å². The number of H-pyrrole nitrogens is 1. The van der Waals surface area contributed by atoms with Crippen LogP contribution in [0.25, 0.3) is 0 Å². The molecule has 0 aliphatic rings. The summed E-state index contributed by atoms with van der Waals surface area (Å²) in [6.07, 6.45) is 2.20. The molecule has 92 valence electrons. The molecule has 0 saturated carbocycles. The van der Waals surface area contributed by atoms with Crippen LogP contribution in [0.3, 0.4) is 0 Å². The first-order chi connectivity index (χ1) is 8.10. The van der Waals surface area contributed by atoms with Crippen molar-refractivity contribution in [1.29, 1.82) is 0 Å². The third-order valence-corrected chi connectivity index (χ3v) is 4.46. The van der Waals surface area contributed by atoms with Crippen molar-refractivity contribution >= 4 is 32.6 Å². The van der Waals surface area contributed by atoms with Crippen molar-refractivity contribution in [3.05, 3.63) is 23.0 Å². The van der Waals surface area contributed by atoms with Gasteiger partial charge in [-0.05, 0) is 0 Å². The standard InChI is InChI=1S/C11H14AsNO4/c1-3-17-10(15)4-12-11(16)8-5-13-9(6-14)7(8)2/h5-6,12-13H,3-4H2,1-2H3. The molecule has 1 heterocycles. The van der Waals surface area contributed by atoms with E-state index in [-0.39, 0.29) is 15.7 Å². The Morgan fingerprint density at radius 1 is 1.53 bits per heavy atom. The molecule has 1 atom stereocenters. The average molecular weight is 299 g/mol. The fraction of sp³-hybridized carbons (Fsp3) is 0.364. The summed E-state index contributed by atoms with van der Waals surface area (Å²) in [5.41, 5.74) is 1.57. The molecule has 1 unspecified atom stereocenters. The first-order valence-corrected chi connectivity index (χ1v) is 7.70. The molecule has 0 aliphatic heterocycles. The third-order valence-electron chi connectivity index (χ3n) is 2.24. The van der Waals surface area contributed by atoms with E-state index in [0.717, 1.165) is 0 Å². The molecule has 0 bridgehead atoms. The molecule has 6 heteroatoms. The summed E-state index contributed by atoms with van der Waals surface area (Å²) in [7, 11) is 0. The summed E-state index contributed by atoms with van der Waals surface area (Å²) < 4.78 is 4.72. The van der Waals surface area contributed by atoms with Crippen molar-refractivity contribution in [1.82, 2.24) is 4.98 Å². The van der Waals surface area contributed by atoms with Crippen LogP contribution < -0.4 is 0 Å². The van der Waals surface area contributed by atoms with Crippen LogP contribution in [-0.4, -0.2) is 44.2 Å². The van der Waals surface area contributed by atoms with Gasteiger partial charge in [-0.3, -0.25) is 0 Å². The van der Waals surface area contributed by atoms with Crippen molar-refractivity contribution in [2.24, 2.45) is 0 Å². The number of rotatable bonds is 6. The Bertz CT molecular complexity index is 439. The van der Waals surface area contributed by atoms with Crippen molar-refractivity contribution in [3.63, 3.8) is 0 Å². The van der Waals surface area contributed by atoms with Crippen LogP contribution in [0.4, 0.5) is 0 Å². The maximum absolute atomic E-state index is 11.8. The number of ether oxygens (including phenoxy) is 1. The van der Waals surface area contributed by atoms with E-state index in [9.17, 15) is 14.4 Å². The number of nitrogens with one attached hydrogen (secondary N) is 1. The summed E-state index contributed by atoms with van der Waals surface area (Å²) in [6.45, 7) is 3.77. The molecule has 5 nitrogen and oxygen atoms in total. The molecule has 1 aromatic rings. The van der Waals surface area contributed by atoms with Gasteiger partial charge < -0.3 is 0 Å². The van der Waals surface area contributed by atoms with Gasteiger partial charge >= 0.3 is 105 Å². The molecule has 0 radical (unpaired) electrons. The van der Waals surface area contributed by atoms with E-state index < -0.39 is 15.8 Å². The Balaban J connectivity index is 2.61. The van der Waals surface area contributed by atoms with Gasteiger partial charge in [0.15, 0.2) is 0 Å². The second kappa shape index (κ2) is 6.40. The first-order valence-electron chi connectivity index (χ1n) is 5.17. The first kappa shape index (κ1) is 13.7. The SMILES string of the molecule is CCOC(=O)C[AsH]C(=O)c1c[nH]c(C=O)c1C. The number of carbonyl (C=O) groups is 3. The van der Waals surface area contributed by atoms with Gasteiger partial charge in [0.25, 0.3) is 0 Å². The zero-order valence-corrected chi connectivity index (χ0v) is 11.8. The predicted octanol–water partition coefficient (Wildman–Crippen LogP) is 0.694. The van der Waals surface area contributed by atoms with Crippen molar-refractivity contribution in [3.8, 4) is 0 Å². The van der Waals surface area contributed by atoms with Crippen LogP contribution in [0, 0.1) is 6.92 Å². The van der Waals surface area contributed by atoms with Crippen LogP contribution in [-0.2, 0) is 9.53 Å². The van der Waals surface area contributed by atoms with Crippen molar-refractivity contribution in [2.45, 2.75) is 19.1 Å². The Hall–Kier alpha value is -1.35. The topological polar surface area (TPSA) is 76.2 Å². The van der Waals surface area contributed by atoms with E-state index >= 15 is 0 Å². The molecular weight excluding hydrogens is 285 g/mol. The molecule has 1 aromatic heterocycles. The summed E-state index contributed by atoms with van der Waals surface area (Å²) in [5.74, 6) is -0.329. The van der Waals surface area contributed by atoms with Gasteiger partial charge in [0.2, 0.25) is 0 Å². The Kier molecular flexibility index (Phi) is 5.16. The summed E-state index contributed by atoms with van der Waals surface area (Å²) in [4.78, 5) is 36.3. The van der Waals surface area contributed by atoms with Gasteiger partial charge in [-0.15, -0.1) is 0 Å². The number of hydrogen-bond donors (Lipinski definition) is 1. The van der Waals surface area contributed by atoms with E-state index in [0.29, 0.717) is 29.7 Å². The monoisotopic (exact) mass is 299 g/mol. The second-order valence-electron chi connectivity index (χ2n) is 3.35. The number of hydrogen-bond acceptors (Lipinski definition) is 4. The minimum absolute atomic E-state index is 0.0418. The quantitative estimate of drug-likeness (QED) is 0.476. The van der Waals surface area contributed by atoms with Crippen molar-refractivity contribution in [2.75, 3.05) is 6.61 Å². The summed E-state index contributed by atoms with van der Waals surface area (Å²) in [6, 6.07) is 0. The van der Waals surface area contributed by atoms with E-state index in [1.54, 1.807) is 13.8 Å². The number of aromatic nitrogens is 1. The molecule has 1 N–H and O–H groups in total. The van der Waals surface area contributed by atoms with Gasteiger partial charge in [0, 0.05) is 0 Å². The zero-order chi connectivity index (χ0) is 12.8.